The predicted octanol–water partition coefficient (Wildman–Crippen LogP) is 2.44. The molecule has 1 fully saturated rings. The number of halogens is 2. The van der Waals surface area contributed by atoms with E-state index in [1.165, 1.54) is 0 Å². The lowest BCUT2D eigenvalue weighted by molar-refractivity contribution is -0.130. The van der Waals surface area contributed by atoms with E-state index in [1.807, 2.05) is 35.2 Å². The van der Waals surface area contributed by atoms with Crippen molar-refractivity contribution in [3.8, 4) is 0 Å². The van der Waals surface area contributed by atoms with Crippen LogP contribution in [0.15, 0.2) is 47.6 Å². The fourth-order valence-electron chi connectivity index (χ4n) is 3.24. The van der Waals surface area contributed by atoms with Gasteiger partial charge < -0.3 is 20.4 Å². The van der Waals surface area contributed by atoms with Crippen LogP contribution >= 0.6 is 23.2 Å². The average Bonchev–Trinajstić information content (AvgIpc) is 2.78. The van der Waals surface area contributed by atoms with Gasteiger partial charge in [-0.2, -0.15) is 0 Å². The summed E-state index contributed by atoms with van der Waals surface area (Å²) in [7, 11) is 1.69. The van der Waals surface area contributed by atoms with Crippen molar-refractivity contribution in [1.82, 2.24) is 20.5 Å². The zero-order valence-electron chi connectivity index (χ0n) is 16.9. The molecule has 2 N–H and O–H groups in total. The summed E-state index contributed by atoms with van der Waals surface area (Å²) in [6, 6.07) is 11.5. The molecule has 3 rings (SSSR count). The van der Waals surface area contributed by atoms with Gasteiger partial charge in [-0.25, -0.2) is 4.98 Å². The van der Waals surface area contributed by atoms with Crippen molar-refractivity contribution < 1.29 is 4.79 Å². The molecule has 0 spiro atoms. The predicted molar refractivity (Wildman–Crippen MR) is 123 cm³/mol. The second-order valence-electron chi connectivity index (χ2n) is 6.94. The number of carbonyl (C=O) groups is 1. The van der Waals surface area contributed by atoms with Crippen molar-refractivity contribution >= 4 is 40.8 Å². The fraction of sp³-hybridized carbons (Fsp3) is 0.381. The third kappa shape index (κ3) is 6.50. The van der Waals surface area contributed by atoms with Crippen molar-refractivity contribution in [2.24, 2.45) is 4.99 Å². The van der Waals surface area contributed by atoms with Crippen LogP contribution in [0.5, 0.6) is 0 Å². The van der Waals surface area contributed by atoms with Crippen LogP contribution in [0.1, 0.15) is 5.56 Å². The highest BCUT2D eigenvalue weighted by atomic mass is 35.5. The van der Waals surface area contributed by atoms with Crippen molar-refractivity contribution in [3.05, 3.63) is 58.3 Å². The van der Waals surface area contributed by atoms with Crippen LogP contribution in [-0.2, 0) is 11.2 Å². The molecule has 0 aliphatic carbocycles. The molecule has 0 atom stereocenters. The fourth-order valence-corrected chi connectivity index (χ4v) is 3.48. The number of benzene rings is 1. The summed E-state index contributed by atoms with van der Waals surface area (Å²) in [6.07, 6.45) is 2.54. The van der Waals surface area contributed by atoms with E-state index in [-0.39, 0.29) is 12.5 Å². The van der Waals surface area contributed by atoms with Gasteiger partial charge in [-0.15, -0.1) is 0 Å². The molecule has 1 saturated heterocycles. The maximum atomic E-state index is 12.6. The van der Waals surface area contributed by atoms with Gasteiger partial charge in [-0.1, -0.05) is 29.3 Å². The highest BCUT2D eigenvalue weighted by Gasteiger charge is 2.21. The SMILES string of the molecule is CN=C(NCCc1ccc(Cl)nc1)NCC(=O)N1CCN(c2ccc(Cl)cc2)CC1. The number of rotatable bonds is 6. The first-order valence-corrected chi connectivity index (χ1v) is 10.6. The molecular weight excluding hydrogens is 423 g/mol. The van der Waals surface area contributed by atoms with E-state index >= 15 is 0 Å². The van der Waals surface area contributed by atoms with E-state index in [0.29, 0.717) is 30.7 Å². The number of aromatic nitrogens is 1. The number of anilines is 1. The molecule has 30 heavy (non-hydrogen) atoms. The molecule has 1 amide bonds. The Morgan fingerprint density at radius 3 is 2.43 bits per heavy atom. The van der Waals surface area contributed by atoms with Crippen molar-refractivity contribution in [3.63, 3.8) is 0 Å². The van der Waals surface area contributed by atoms with E-state index in [2.05, 4.69) is 25.5 Å². The van der Waals surface area contributed by atoms with E-state index in [1.54, 1.807) is 19.3 Å². The zero-order valence-corrected chi connectivity index (χ0v) is 18.5. The molecular formula is C21H26Cl2N6O. The Kier molecular flexibility index (Phi) is 8.16. The molecule has 1 aromatic carbocycles. The van der Waals surface area contributed by atoms with E-state index in [9.17, 15) is 4.79 Å². The normalized spacial score (nSPS) is 14.6. The molecule has 1 aromatic heterocycles. The number of hydrogen-bond acceptors (Lipinski definition) is 4. The molecule has 0 unspecified atom stereocenters. The van der Waals surface area contributed by atoms with Gasteiger partial charge in [0.25, 0.3) is 0 Å². The number of pyridine rings is 1. The molecule has 0 bridgehead atoms. The van der Waals surface area contributed by atoms with Crippen molar-refractivity contribution in [1.29, 1.82) is 0 Å². The summed E-state index contributed by atoms with van der Waals surface area (Å²) in [5, 5.41) is 7.52. The Bertz CT molecular complexity index is 849. The molecule has 0 radical (unpaired) electrons. The number of hydrogen-bond donors (Lipinski definition) is 2. The third-order valence-corrected chi connectivity index (χ3v) is 5.43. The number of piperazine rings is 1. The van der Waals surface area contributed by atoms with Crippen molar-refractivity contribution in [2.45, 2.75) is 6.42 Å². The van der Waals surface area contributed by atoms with E-state index < -0.39 is 0 Å². The molecule has 2 heterocycles. The van der Waals surface area contributed by atoms with E-state index in [4.69, 9.17) is 23.2 Å². The number of carbonyl (C=O) groups excluding carboxylic acids is 1. The number of nitrogens with zero attached hydrogens (tertiary/aromatic N) is 4. The number of nitrogens with one attached hydrogen (secondary N) is 2. The van der Waals surface area contributed by atoms with Gasteiger partial charge in [0.15, 0.2) is 5.96 Å². The first-order valence-electron chi connectivity index (χ1n) is 9.88. The lowest BCUT2D eigenvalue weighted by atomic mass is 10.2. The summed E-state index contributed by atoms with van der Waals surface area (Å²) in [4.78, 5) is 24.9. The quantitative estimate of drug-likeness (QED) is 0.403. The zero-order chi connectivity index (χ0) is 21.3. The smallest absolute Gasteiger partial charge is 0.242 e. The molecule has 160 valence electrons. The van der Waals surface area contributed by atoms with Crippen LogP contribution < -0.4 is 15.5 Å². The van der Waals surface area contributed by atoms with Crippen LogP contribution in [0, 0.1) is 0 Å². The van der Waals surface area contributed by atoms with Crippen LogP contribution in [0.3, 0.4) is 0 Å². The summed E-state index contributed by atoms with van der Waals surface area (Å²) in [6.45, 7) is 3.88. The van der Waals surface area contributed by atoms with Gasteiger partial charge >= 0.3 is 0 Å². The van der Waals surface area contributed by atoms with Crippen LogP contribution in [0.4, 0.5) is 5.69 Å². The van der Waals surface area contributed by atoms with Gasteiger partial charge in [0.2, 0.25) is 5.91 Å². The molecule has 1 aliphatic rings. The highest BCUT2D eigenvalue weighted by Crippen LogP contribution is 2.19. The Morgan fingerprint density at radius 1 is 1.07 bits per heavy atom. The number of guanidine groups is 1. The lowest BCUT2D eigenvalue weighted by Gasteiger charge is -2.36. The second kappa shape index (κ2) is 11.0. The molecule has 0 saturated carbocycles. The minimum Gasteiger partial charge on any atom is -0.368 e. The van der Waals surface area contributed by atoms with Gasteiger partial charge in [-0.3, -0.25) is 9.79 Å². The van der Waals surface area contributed by atoms with Crippen LogP contribution in [-0.4, -0.2) is 68.1 Å². The largest absolute Gasteiger partial charge is 0.368 e. The van der Waals surface area contributed by atoms with Gasteiger partial charge in [0.1, 0.15) is 5.15 Å². The molecule has 7 nitrogen and oxygen atoms in total. The minimum atomic E-state index is 0.0654. The summed E-state index contributed by atoms with van der Waals surface area (Å²) < 4.78 is 0. The average molecular weight is 449 g/mol. The van der Waals surface area contributed by atoms with Crippen LogP contribution in [0.2, 0.25) is 10.2 Å². The van der Waals surface area contributed by atoms with Gasteiger partial charge in [0, 0.05) is 56.7 Å². The number of amides is 1. The topological polar surface area (TPSA) is 72.9 Å². The Balaban J connectivity index is 1.37. The molecule has 9 heteroatoms. The maximum absolute atomic E-state index is 12.6. The third-order valence-electron chi connectivity index (χ3n) is 4.95. The van der Waals surface area contributed by atoms with Crippen molar-refractivity contribution in [2.75, 3.05) is 51.2 Å². The first kappa shape index (κ1) is 22.2. The van der Waals surface area contributed by atoms with Gasteiger partial charge in [0.05, 0.1) is 6.54 Å². The standard InChI is InChI=1S/C21H26Cl2N6O/c1-24-21(25-9-8-16-2-7-19(23)26-14-16)27-15-20(30)29-12-10-28(11-13-29)18-5-3-17(22)4-6-18/h2-7,14H,8-13,15H2,1H3,(H2,24,25,27). The Labute approximate surface area is 187 Å². The Morgan fingerprint density at radius 2 is 1.80 bits per heavy atom. The summed E-state index contributed by atoms with van der Waals surface area (Å²) in [5.41, 5.74) is 2.21. The number of aliphatic imine (C=N–C) groups is 1. The first-order chi connectivity index (χ1) is 14.5. The van der Waals surface area contributed by atoms with E-state index in [0.717, 1.165) is 35.8 Å². The maximum Gasteiger partial charge on any atom is 0.242 e. The minimum absolute atomic E-state index is 0.0654. The summed E-state index contributed by atoms with van der Waals surface area (Å²) >= 11 is 11.8. The molecule has 1 aliphatic heterocycles. The summed E-state index contributed by atoms with van der Waals surface area (Å²) in [5.74, 6) is 0.667. The highest BCUT2D eigenvalue weighted by molar-refractivity contribution is 6.30. The Hall–Kier alpha value is -2.51. The second-order valence-corrected chi connectivity index (χ2v) is 7.76. The molecule has 2 aromatic rings. The van der Waals surface area contributed by atoms with Crippen LogP contribution in [0.25, 0.3) is 0 Å². The monoisotopic (exact) mass is 448 g/mol. The lowest BCUT2D eigenvalue weighted by Crippen LogP contribution is -2.52. The van der Waals surface area contributed by atoms with Gasteiger partial charge in [-0.05, 0) is 42.3 Å².